The van der Waals surface area contributed by atoms with Gasteiger partial charge in [-0.3, -0.25) is 10.3 Å². The van der Waals surface area contributed by atoms with E-state index in [9.17, 15) is 18.3 Å². The van der Waals surface area contributed by atoms with Crippen LogP contribution in [0.15, 0.2) is 90.1 Å². The smallest absolute Gasteiger partial charge is 0.418 e. The van der Waals surface area contributed by atoms with Crippen molar-refractivity contribution in [1.29, 1.82) is 0 Å². The van der Waals surface area contributed by atoms with Crippen molar-refractivity contribution in [2.75, 3.05) is 57.1 Å². The van der Waals surface area contributed by atoms with Crippen LogP contribution < -0.4 is 40.3 Å². The summed E-state index contributed by atoms with van der Waals surface area (Å²) in [6.45, 7) is 3.60. The predicted molar refractivity (Wildman–Crippen MR) is 252 cm³/mol. The van der Waals surface area contributed by atoms with Crippen molar-refractivity contribution in [3.63, 3.8) is 0 Å². The average Bonchev–Trinajstić information content (AvgIpc) is 3.49. The van der Waals surface area contributed by atoms with Crippen molar-refractivity contribution in [3.05, 3.63) is 134 Å². The molecule has 70 heavy (non-hydrogen) atoms. The molecule has 16 nitrogen and oxygen atoms in total. The van der Waals surface area contributed by atoms with Crippen molar-refractivity contribution in [2.24, 2.45) is 10.9 Å². The quantitative estimate of drug-likeness (QED) is 0.0867. The molecule has 3 N–H and O–H groups in total. The number of piperidine rings is 1. The summed E-state index contributed by atoms with van der Waals surface area (Å²) in [6, 6.07) is 18.0. The number of aromatic nitrogens is 2. The van der Waals surface area contributed by atoms with Gasteiger partial charge in [0.15, 0.2) is 11.6 Å². The number of ether oxygens (including phenoxy) is 4. The topological polar surface area (TPSA) is 180 Å². The minimum atomic E-state index is -5.06. The SMILES string of the molecule is COc1ccc(CN(Cc2ccc(OC)cc2)c2cc(C)c(C(F)(F)F)c(-c3c(F)c4c5c(c3Cl)=NCNC=5N(C(C)c3cccnc3NC(=O)O)C=C(OCC3CCN(S(C)(=O)=O)CC3)O4)n2)cc1. The van der Waals surface area contributed by atoms with Crippen LogP contribution in [0.5, 0.6) is 17.2 Å². The molecule has 3 aliphatic rings. The zero-order valence-electron chi connectivity index (χ0n) is 38.6. The Morgan fingerprint density at radius 1 is 1.04 bits per heavy atom. The van der Waals surface area contributed by atoms with E-state index < -0.39 is 61.7 Å². The number of hydrogen-bond acceptors (Lipinski definition) is 13. The number of sulfonamides is 1. The van der Waals surface area contributed by atoms with Crippen molar-refractivity contribution in [2.45, 2.75) is 52.0 Å². The summed E-state index contributed by atoms with van der Waals surface area (Å²) >= 11 is 7.16. The first kappa shape index (κ1) is 49.6. The number of methoxy groups -OCH3 is 2. The third kappa shape index (κ3) is 10.5. The Bertz CT molecular complexity index is 3020. The number of alkyl halides is 3. The van der Waals surface area contributed by atoms with Crippen LogP contribution in [0.4, 0.5) is 34.0 Å². The van der Waals surface area contributed by atoms with Crippen molar-refractivity contribution < 1.29 is 54.8 Å². The Balaban J connectivity index is 1.30. The number of hydrogen-bond donors (Lipinski definition) is 3. The molecule has 0 spiro atoms. The molecule has 1 saturated heterocycles. The number of carboxylic acid groups (broad SMARTS) is 1. The van der Waals surface area contributed by atoms with Crippen molar-refractivity contribution >= 4 is 45.2 Å². The van der Waals surface area contributed by atoms with Gasteiger partial charge in [-0.2, -0.15) is 13.2 Å². The Hall–Kier alpha value is -6.84. The molecule has 5 heterocycles. The van der Waals surface area contributed by atoms with Gasteiger partial charge in [0, 0.05) is 37.9 Å². The monoisotopic (exact) mass is 1010 g/mol. The zero-order valence-corrected chi connectivity index (χ0v) is 40.2. The molecule has 8 rings (SSSR count). The second-order valence-electron chi connectivity index (χ2n) is 16.9. The summed E-state index contributed by atoms with van der Waals surface area (Å²) in [6.07, 6.45) is -1.61. The molecule has 2 aromatic heterocycles. The lowest BCUT2D eigenvalue weighted by Gasteiger charge is -2.32. The fourth-order valence-electron chi connectivity index (χ4n) is 8.70. The van der Waals surface area contributed by atoms with E-state index in [0.29, 0.717) is 29.9 Å². The van der Waals surface area contributed by atoms with Crippen LogP contribution in [0.3, 0.4) is 0 Å². The van der Waals surface area contributed by atoms with Gasteiger partial charge in [0.25, 0.3) is 0 Å². The van der Waals surface area contributed by atoms with Crippen LogP contribution in [-0.4, -0.2) is 85.6 Å². The van der Waals surface area contributed by atoms with E-state index in [4.69, 9.17) is 30.5 Å². The molecule has 1 unspecified atom stereocenters. The third-order valence-corrected chi connectivity index (χ3v) is 14.0. The van der Waals surface area contributed by atoms with Gasteiger partial charge in [0.05, 0.1) is 71.7 Å². The largest absolute Gasteiger partial charge is 0.497 e. The number of carbonyl (C=O) groups is 1. The number of nitrogens with zero attached hydrogens (tertiary/aromatic N) is 6. The molecule has 3 aliphatic heterocycles. The molecule has 0 aliphatic carbocycles. The summed E-state index contributed by atoms with van der Waals surface area (Å²) in [5.41, 5.74) is -1.11. The standard InChI is InChI=1S/C48H49ClF4N8O8S/c1-27-21-35(59(22-29-8-12-32(66-3)13-9-29)23-30-10-14-33(67-4)15-11-30)57-42(39(27)48(51,52)53)37-40(49)43-38-44(41(37)50)69-36(68-25-31-16-19-60(20-17-31)70(5,64)65)24-61(46(38)56-26-55-43)28(2)34-7-6-18-54-45(34)58-47(62)63/h6-15,18,21,24,28,31,56H,16-17,19-20,22-23,25-26H2,1-5H3,(H,54,58)(H,62,63). The van der Waals surface area contributed by atoms with E-state index in [1.807, 2.05) is 24.3 Å². The zero-order chi connectivity index (χ0) is 50.1. The summed E-state index contributed by atoms with van der Waals surface area (Å²) < 4.78 is 114. The second-order valence-corrected chi connectivity index (χ2v) is 19.2. The first-order chi connectivity index (χ1) is 33.3. The van der Waals surface area contributed by atoms with Crippen LogP contribution in [0.1, 0.15) is 53.6 Å². The van der Waals surface area contributed by atoms with E-state index in [1.165, 1.54) is 43.9 Å². The van der Waals surface area contributed by atoms with E-state index in [2.05, 4.69) is 25.6 Å². The molecule has 370 valence electrons. The van der Waals surface area contributed by atoms with E-state index in [-0.39, 0.29) is 84.9 Å². The van der Waals surface area contributed by atoms with Gasteiger partial charge in [-0.05, 0) is 85.7 Å². The van der Waals surface area contributed by atoms with Crippen LogP contribution >= 0.6 is 11.6 Å². The molecule has 5 aromatic rings. The maximum Gasteiger partial charge on any atom is 0.418 e. The Morgan fingerprint density at radius 2 is 1.67 bits per heavy atom. The second kappa shape index (κ2) is 20.2. The summed E-state index contributed by atoms with van der Waals surface area (Å²) in [5, 5.41) is 14.5. The van der Waals surface area contributed by atoms with Gasteiger partial charge in [0.2, 0.25) is 10.0 Å². The number of aryl methyl sites for hydroxylation is 1. The molecule has 0 bridgehead atoms. The number of nitrogens with one attached hydrogen (secondary N) is 2. The van der Waals surface area contributed by atoms with Gasteiger partial charge < -0.3 is 39.2 Å². The van der Waals surface area contributed by atoms with Crippen LogP contribution in [0, 0.1) is 18.7 Å². The minimum Gasteiger partial charge on any atom is -0.497 e. The lowest BCUT2D eigenvalue weighted by atomic mass is 9.98. The van der Waals surface area contributed by atoms with Crippen molar-refractivity contribution in [3.8, 4) is 28.5 Å². The Morgan fingerprint density at radius 3 is 2.24 bits per heavy atom. The van der Waals surface area contributed by atoms with E-state index in [0.717, 1.165) is 17.4 Å². The molecule has 0 radical (unpaired) electrons. The summed E-state index contributed by atoms with van der Waals surface area (Å²) in [5.74, 6) is -0.898. The molecule has 3 aromatic carbocycles. The van der Waals surface area contributed by atoms with E-state index in [1.54, 1.807) is 53.1 Å². The fraction of sp³-hybridized carbons (Fsp3) is 0.333. The number of benzene rings is 3. The Labute approximate surface area is 405 Å². The highest BCUT2D eigenvalue weighted by molar-refractivity contribution is 7.88. The first-order valence-electron chi connectivity index (χ1n) is 22.0. The number of halogens is 5. The molecular formula is C48H49ClF4N8O8S. The lowest BCUT2D eigenvalue weighted by Crippen LogP contribution is -2.45. The van der Waals surface area contributed by atoms with E-state index >= 15 is 17.6 Å². The number of anilines is 2. The highest BCUT2D eigenvalue weighted by Crippen LogP contribution is 2.44. The van der Waals surface area contributed by atoms with Gasteiger partial charge in [-0.1, -0.05) is 41.9 Å². The van der Waals surface area contributed by atoms with Gasteiger partial charge in [0.1, 0.15) is 35.6 Å². The van der Waals surface area contributed by atoms with Crippen molar-refractivity contribution in [1.82, 2.24) is 24.5 Å². The number of rotatable bonds is 15. The molecule has 1 atom stereocenters. The molecule has 1 amide bonds. The number of amides is 1. The van der Waals surface area contributed by atoms with Gasteiger partial charge in [-0.15, -0.1) is 0 Å². The summed E-state index contributed by atoms with van der Waals surface area (Å²) in [4.78, 5) is 28.6. The molecule has 0 saturated carbocycles. The minimum absolute atomic E-state index is 0.00342. The summed E-state index contributed by atoms with van der Waals surface area (Å²) in [7, 11) is -0.365. The maximum absolute atomic E-state index is 18.1. The highest BCUT2D eigenvalue weighted by atomic mass is 35.5. The van der Waals surface area contributed by atoms with Crippen LogP contribution in [0.2, 0.25) is 5.02 Å². The molecule has 22 heteroatoms. The first-order valence-corrected chi connectivity index (χ1v) is 24.2. The maximum atomic E-state index is 18.1. The van der Waals surface area contributed by atoms with Crippen LogP contribution in [0.25, 0.3) is 17.1 Å². The predicted octanol–water partition coefficient (Wildman–Crippen LogP) is 7.77. The van der Waals surface area contributed by atoms with Gasteiger partial charge in [-0.25, -0.2) is 31.9 Å². The Kier molecular flexibility index (Phi) is 14.3. The third-order valence-electron chi connectivity index (χ3n) is 12.3. The highest BCUT2D eigenvalue weighted by Gasteiger charge is 2.41. The molecule has 1 fully saturated rings. The number of pyridine rings is 2. The lowest BCUT2D eigenvalue weighted by molar-refractivity contribution is -0.137. The fourth-order valence-corrected chi connectivity index (χ4v) is 9.90. The normalized spacial score (nSPS) is 15.6. The van der Waals surface area contributed by atoms with Crippen LogP contribution in [-0.2, 0) is 34.0 Å². The average molecular weight is 1010 g/mol. The molecular weight excluding hydrogens is 960 g/mol. The van der Waals surface area contributed by atoms with Gasteiger partial charge >= 0.3 is 18.2 Å².